The van der Waals surface area contributed by atoms with Gasteiger partial charge in [-0.25, -0.2) is 0 Å². The van der Waals surface area contributed by atoms with Crippen LogP contribution in [0.4, 0.5) is 0 Å². The van der Waals surface area contributed by atoms with E-state index < -0.39 is 0 Å². The SMILES string of the molecule is C/C=C\C(Br)=C(\C)C(C)C.CC. The monoisotopic (exact) mass is 232 g/mol. The number of hydrogen-bond acceptors (Lipinski definition) is 0. The molecule has 0 radical (unpaired) electrons. The fraction of sp³-hybridized carbons (Fsp3) is 0.636. The van der Waals surface area contributed by atoms with Crippen LogP contribution in [0.15, 0.2) is 22.2 Å². The molecule has 0 aromatic heterocycles. The first kappa shape index (κ1) is 14.5. The van der Waals surface area contributed by atoms with Crippen molar-refractivity contribution in [2.45, 2.75) is 41.5 Å². The topological polar surface area (TPSA) is 0 Å². The Balaban J connectivity index is 0. The maximum Gasteiger partial charge on any atom is 0.0163 e. The zero-order valence-electron chi connectivity index (χ0n) is 9.11. The molecule has 0 saturated heterocycles. The zero-order valence-corrected chi connectivity index (χ0v) is 10.7. The summed E-state index contributed by atoms with van der Waals surface area (Å²) in [6.07, 6.45) is 4.12. The normalized spacial score (nSPS) is 12.7. The van der Waals surface area contributed by atoms with E-state index in [0.29, 0.717) is 5.92 Å². The fourth-order valence-electron chi connectivity index (χ4n) is 0.554. The summed E-state index contributed by atoms with van der Waals surface area (Å²) in [5.74, 6) is 0.630. The van der Waals surface area contributed by atoms with Crippen LogP contribution < -0.4 is 0 Å². The molecule has 12 heavy (non-hydrogen) atoms. The molecule has 0 aromatic rings. The van der Waals surface area contributed by atoms with Gasteiger partial charge in [-0.15, -0.1) is 0 Å². The highest BCUT2D eigenvalue weighted by Gasteiger charge is 1.98. The maximum absolute atomic E-state index is 3.50. The Kier molecular flexibility index (Phi) is 10.9. The van der Waals surface area contributed by atoms with Gasteiger partial charge in [-0.1, -0.05) is 61.4 Å². The van der Waals surface area contributed by atoms with E-state index in [2.05, 4.69) is 42.8 Å². The highest BCUT2D eigenvalue weighted by atomic mass is 79.9. The van der Waals surface area contributed by atoms with E-state index in [1.165, 1.54) is 10.1 Å². The summed E-state index contributed by atoms with van der Waals surface area (Å²) in [5, 5.41) is 0. The highest BCUT2D eigenvalue weighted by Crippen LogP contribution is 2.19. The lowest BCUT2D eigenvalue weighted by Crippen LogP contribution is -1.89. The Morgan fingerprint density at radius 1 is 1.25 bits per heavy atom. The molecule has 0 aliphatic carbocycles. The standard InChI is InChI=1S/C9H15Br.C2H6/c1-5-6-9(10)8(4)7(2)3;1-2/h5-7H,1-4H3;1-2H3/b6-5-,9-8+;. The largest absolute Gasteiger partial charge is 0.0865 e. The van der Waals surface area contributed by atoms with Gasteiger partial charge in [0, 0.05) is 4.48 Å². The van der Waals surface area contributed by atoms with Crippen molar-refractivity contribution in [3.05, 3.63) is 22.2 Å². The van der Waals surface area contributed by atoms with E-state index in [-0.39, 0.29) is 0 Å². The molecule has 0 bridgehead atoms. The van der Waals surface area contributed by atoms with Crippen molar-refractivity contribution >= 4 is 15.9 Å². The number of hydrogen-bond donors (Lipinski definition) is 0. The van der Waals surface area contributed by atoms with Crippen molar-refractivity contribution in [3.8, 4) is 0 Å². The Hall–Kier alpha value is -0.0400. The number of halogens is 1. The molecule has 0 fully saturated rings. The van der Waals surface area contributed by atoms with E-state index in [1.54, 1.807) is 0 Å². The third-order valence-electron chi connectivity index (χ3n) is 1.56. The first-order chi connectivity index (χ1) is 5.59. The summed E-state index contributed by atoms with van der Waals surface area (Å²) in [6.45, 7) is 12.6. The van der Waals surface area contributed by atoms with Gasteiger partial charge in [0.05, 0.1) is 0 Å². The Morgan fingerprint density at radius 2 is 1.67 bits per heavy atom. The summed E-state index contributed by atoms with van der Waals surface area (Å²) in [6, 6.07) is 0. The van der Waals surface area contributed by atoms with Gasteiger partial charge in [0.2, 0.25) is 0 Å². The summed E-state index contributed by atoms with van der Waals surface area (Å²) in [7, 11) is 0. The van der Waals surface area contributed by atoms with Crippen molar-refractivity contribution in [1.82, 2.24) is 0 Å². The van der Waals surface area contributed by atoms with Crippen LogP contribution in [0, 0.1) is 5.92 Å². The molecule has 0 nitrogen and oxygen atoms in total. The van der Waals surface area contributed by atoms with Crippen LogP contribution in [0.2, 0.25) is 0 Å². The second-order valence-corrected chi connectivity index (χ2v) is 3.54. The quantitative estimate of drug-likeness (QED) is 0.594. The van der Waals surface area contributed by atoms with Gasteiger partial charge in [0.15, 0.2) is 0 Å². The summed E-state index contributed by atoms with van der Waals surface area (Å²) in [5.41, 5.74) is 1.40. The predicted octanol–water partition coefficient (Wildman–Crippen LogP) is 4.91. The van der Waals surface area contributed by atoms with Crippen LogP contribution in [-0.4, -0.2) is 0 Å². The van der Waals surface area contributed by atoms with E-state index in [0.717, 1.165) is 0 Å². The van der Waals surface area contributed by atoms with Gasteiger partial charge in [-0.05, 0) is 19.8 Å². The summed E-state index contributed by atoms with van der Waals surface area (Å²) >= 11 is 3.50. The lowest BCUT2D eigenvalue weighted by molar-refractivity contribution is 0.768. The number of rotatable bonds is 2. The summed E-state index contributed by atoms with van der Waals surface area (Å²) in [4.78, 5) is 0. The Morgan fingerprint density at radius 3 is 1.92 bits per heavy atom. The minimum Gasteiger partial charge on any atom is -0.0865 e. The molecule has 0 aliphatic heterocycles. The molecule has 0 aromatic carbocycles. The molecular formula is C11H21Br. The molecule has 0 rings (SSSR count). The molecule has 0 aliphatic rings. The molecule has 0 saturated carbocycles. The van der Waals surface area contributed by atoms with E-state index in [9.17, 15) is 0 Å². The Bertz CT molecular complexity index is 152. The third-order valence-corrected chi connectivity index (χ3v) is 2.45. The average Bonchev–Trinajstić information content (AvgIpc) is 2.07. The zero-order chi connectivity index (χ0) is 10.1. The second-order valence-electron chi connectivity index (χ2n) is 2.69. The molecule has 0 heterocycles. The van der Waals surface area contributed by atoms with Crippen molar-refractivity contribution in [1.29, 1.82) is 0 Å². The average molecular weight is 233 g/mol. The van der Waals surface area contributed by atoms with Crippen molar-refractivity contribution in [2.75, 3.05) is 0 Å². The van der Waals surface area contributed by atoms with Gasteiger partial charge in [-0.3, -0.25) is 0 Å². The van der Waals surface area contributed by atoms with Crippen LogP contribution in [0.1, 0.15) is 41.5 Å². The van der Waals surface area contributed by atoms with E-state index >= 15 is 0 Å². The van der Waals surface area contributed by atoms with Gasteiger partial charge in [0.25, 0.3) is 0 Å². The van der Waals surface area contributed by atoms with Crippen LogP contribution >= 0.6 is 15.9 Å². The van der Waals surface area contributed by atoms with E-state index in [4.69, 9.17) is 0 Å². The fourth-order valence-corrected chi connectivity index (χ4v) is 1.28. The van der Waals surface area contributed by atoms with Crippen molar-refractivity contribution in [3.63, 3.8) is 0 Å². The molecular weight excluding hydrogens is 212 g/mol. The van der Waals surface area contributed by atoms with Crippen LogP contribution in [-0.2, 0) is 0 Å². The van der Waals surface area contributed by atoms with Crippen LogP contribution in [0.25, 0.3) is 0 Å². The number of allylic oxidation sites excluding steroid dienone is 4. The van der Waals surface area contributed by atoms with Crippen LogP contribution in [0.5, 0.6) is 0 Å². The molecule has 72 valence electrons. The summed E-state index contributed by atoms with van der Waals surface area (Å²) < 4.78 is 1.21. The smallest absolute Gasteiger partial charge is 0.0163 e. The van der Waals surface area contributed by atoms with Gasteiger partial charge < -0.3 is 0 Å². The lowest BCUT2D eigenvalue weighted by Gasteiger charge is -2.05. The maximum atomic E-state index is 3.50. The molecule has 1 heteroatoms. The molecule has 0 amide bonds. The first-order valence-corrected chi connectivity index (χ1v) is 5.37. The van der Waals surface area contributed by atoms with E-state index in [1.807, 2.05) is 26.8 Å². The lowest BCUT2D eigenvalue weighted by atomic mass is 10.1. The van der Waals surface area contributed by atoms with Crippen molar-refractivity contribution in [2.24, 2.45) is 5.92 Å². The minimum absolute atomic E-state index is 0.630. The minimum atomic E-state index is 0.630. The second kappa shape index (κ2) is 9.05. The molecule has 0 N–H and O–H groups in total. The van der Waals surface area contributed by atoms with Gasteiger partial charge in [-0.2, -0.15) is 0 Å². The molecule has 0 unspecified atom stereocenters. The predicted molar refractivity (Wildman–Crippen MR) is 62.6 cm³/mol. The molecule has 0 atom stereocenters. The van der Waals surface area contributed by atoms with Crippen LogP contribution in [0.3, 0.4) is 0 Å². The highest BCUT2D eigenvalue weighted by molar-refractivity contribution is 9.11. The van der Waals surface area contributed by atoms with Gasteiger partial charge >= 0.3 is 0 Å². The molecule has 0 spiro atoms. The van der Waals surface area contributed by atoms with Crippen molar-refractivity contribution < 1.29 is 0 Å². The third kappa shape index (κ3) is 6.66. The first-order valence-electron chi connectivity index (χ1n) is 4.58. The van der Waals surface area contributed by atoms with Gasteiger partial charge in [0.1, 0.15) is 0 Å². The Labute approximate surface area is 85.9 Å².